The number of hydrogen-bond acceptors (Lipinski definition) is 3. The predicted molar refractivity (Wildman–Crippen MR) is 151 cm³/mol. The van der Waals surface area contributed by atoms with Gasteiger partial charge in [0.2, 0.25) is 0 Å². The van der Waals surface area contributed by atoms with E-state index in [1.807, 2.05) is 72.9 Å². The Bertz CT molecular complexity index is 1950. The van der Waals surface area contributed by atoms with Crippen LogP contribution in [0, 0.1) is 0 Å². The molecular formula is C32H20N2OP+. The Kier molecular flexibility index (Phi) is 4.83. The van der Waals surface area contributed by atoms with Gasteiger partial charge < -0.3 is 0 Å². The number of fused-ring (bicyclic) bond motifs is 7. The minimum absolute atomic E-state index is 0.776. The highest BCUT2D eigenvalue weighted by atomic mass is 31.1. The molecule has 0 bridgehead atoms. The smallest absolute Gasteiger partial charge is 0.256 e. The Hall–Kier alpha value is -4.46. The maximum atomic E-state index is 13.4. The van der Waals surface area contributed by atoms with Crippen LogP contribution in [0.4, 0.5) is 0 Å². The summed E-state index contributed by atoms with van der Waals surface area (Å²) in [5.41, 5.74) is 3.78. The van der Waals surface area contributed by atoms with E-state index in [0.29, 0.717) is 0 Å². The van der Waals surface area contributed by atoms with Crippen molar-refractivity contribution in [2.75, 3.05) is 0 Å². The summed E-state index contributed by atoms with van der Waals surface area (Å²) in [6, 6.07) is 38.6. The molecule has 0 saturated heterocycles. The summed E-state index contributed by atoms with van der Waals surface area (Å²) in [6.45, 7) is 0. The van der Waals surface area contributed by atoms with Crippen molar-refractivity contribution in [2.45, 2.75) is 0 Å². The Morgan fingerprint density at radius 2 is 1.31 bits per heavy atom. The van der Waals surface area contributed by atoms with Gasteiger partial charge in [0.15, 0.2) is 10.6 Å². The van der Waals surface area contributed by atoms with Crippen molar-refractivity contribution in [1.29, 1.82) is 0 Å². The van der Waals surface area contributed by atoms with Crippen molar-refractivity contribution < 1.29 is 4.57 Å². The second-order valence-corrected chi connectivity index (χ2v) is 10.5. The lowest BCUT2D eigenvalue weighted by Gasteiger charge is -2.14. The van der Waals surface area contributed by atoms with Crippen LogP contribution in [0.3, 0.4) is 0 Å². The molecule has 4 heteroatoms. The SMILES string of the molecule is O=[P+](c1ccccc1)c1ccc2c(c1)nc(-c1ccccc1)c1ccc3ccc4cccnc4c3c12. The van der Waals surface area contributed by atoms with Gasteiger partial charge in [-0.2, -0.15) is 0 Å². The minimum atomic E-state index is -1.72. The molecule has 0 aliphatic rings. The summed E-state index contributed by atoms with van der Waals surface area (Å²) < 4.78 is 13.4. The summed E-state index contributed by atoms with van der Waals surface area (Å²) in [7, 11) is -1.72. The maximum absolute atomic E-state index is 13.4. The fraction of sp³-hybridized carbons (Fsp3) is 0. The van der Waals surface area contributed by atoms with Crippen LogP contribution in [0.1, 0.15) is 0 Å². The molecule has 0 amide bonds. The molecule has 5 aromatic carbocycles. The fourth-order valence-corrected chi connectivity index (χ4v) is 6.28. The standard InChI is InChI=1S/C32H20N2OP/c35-36(24-11-5-2-6-12-24)25-16-18-26-28(20-25)34-31(22-8-3-1-4-9-22)27-17-15-21-13-14-23-10-7-19-33-32(23)29(21)30(26)27/h1-20H/q+1. The molecule has 7 aromatic rings. The number of benzene rings is 5. The Labute approximate surface area is 208 Å². The van der Waals surface area contributed by atoms with Gasteiger partial charge in [0, 0.05) is 44.8 Å². The first-order valence-electron chi connectivity index (χ1n) is 11.9. The summed E-state index contributed by atoms with van der Waals surface area (Å²) in [4.78, 5) is 9.94. The highest BCUT2D eigenvalue weighted by Crippen LogP contribution is 2.39. The van der Waals surface area contributed by atoms with Crippen LogP contribution in [0.2, 0.25) is 0 Å². The van der Waals surface area contributed by atoms with E-state index >= 15 is 0 Å². The van der Waals surface area contributed by atoms with Gasteiger partial charge in [0.25, 0.3) is 0 Å². The molecule has 0 saturated carbocycles. The largest absolute Gasteiger partial charge is 0.415 e. The van der Waals surface area contributed by atoms with Crippen molar-refractivity contribution >= 4 is 61.8 Å². The molecule has 3 nitrogen and oxygen atoms in total. The summed E-state index contributed by atoms with van der Waals surface area (Å²) >= 11 is 0. The third-order valence-electron chi connectivity index (χ3n) is 6.77. The van der Waals surface area contributed by atoms with Crippen LogP contribution in [-0.2, 0) is 4.57 Å². The molecule has 0 fully saturated rings. The Balaban J connectivity index is 1.62. The molecular weight excluding hydrogens is 459 g/mol. The average Bonchev–Trinajstić information content (AvgIpc) is 2.96. The summed E-state index contributed by atoms with van der Waals surface area (Å²) in [5.74, 6) is 0. The lowest BCUT2D eigenvalue weighted by molar-refractivity contribution is 0.598. The molecule has 0 N–H and O–H groups in total. The highest BCUT2D eigenvalue weighted by molar-refractivity contribution is 7.61. The fourth-order valence-electron chi connectivity index (χ4n) is 5.09. The molecule has 36 heavy (non-hydrogen) atoms. The molecule has 0 aliphatic carbocycles. The van der Waals surface area contributed by atoms with E-state index in [4.69, 9.17) is 9.97 Å². The van der Waals surface area contributed by atoms with Crippen molar-refractivity contribution in [3.63, 3.8) is 0 Å². The van der Waals surface area contributed by atoms with Crippen molar-refractivity contribution in [2.24, 2.45) is 0 Å². The van der Waals surface area contributed by atoms with Crippen molar-refractivity contribution in [1.82, 2.24) is 9.97 Å². The van der Waals surface area contributed by atoms with E-state index in [-0.39, 0.29) is 0 Å². The second-order valence-electron chi connectivity index (χ2n) is 8.88. The van der Waals surface area contributed by atoms with Crippen molar-refractivity contribution in [3.05, 3.63) is 121 Å². The quantitative estimate of drug-likeness (QED) is 0.194. The van der Waals surface area contributed by atoms with E-state index in [1.165, 1.54) is 0 Å². The number of nitrogens with zero attached hydrogens (tertiary/aromatic N) is 2. The molecule has 7 rings (SSSR count). The Morgan fingerprint density at radius 1 is 0.583 bits per heavy atom. The van der Waals surface area contributed by atoms with Gasteiger partial charge in [-0.05, 0) is 35.7 Å². The molecule has 1 unspecified atom stereocenters. The normalized spacial score (nSPS) is 11.9. The molecule has 0 spiro atoms. The lowest BCUT2D eigenvalue weighted by Crippen LogP contribution is -2.06. The maximum Gasteiger partial charge on any atom is 0.415 e. The van der Waals surface area contributed by atoms with Crippen LogP contribution in [0.15, 0.2) is 121 Å². The molecule has 2 heterocycles. The zero-order valence-corrected chi connectivity index (χ0v) is 20.2. The average molecular weight is 479 g/mol. The lowest BCUT2D eigenvalue weighted by atomic mass is 9.94. The van der Waals surface area contributed by atoms with E-state index in [0.717, 1.165) is 65.2 Å². The van der Waals surface area contributed by atoms with E-state index < -0.39 is 7.80 Å². The van der Waals surface area contributed by atoms with Crippen LogP contribution in [-0.4, -0.2) is 9.97 Å². The Morgan fingerprint density at radius 3 is 2.14 bits per heavy atom. The number of hydrogen-bond donors (Lipinski definition) is 0. The third-order valence-corrected chi connectivity index (χ3v) is 8.28. The van der Waals surface area contributed by atoms with Gasteiger partial charge in [-0.15, -0.1) is 0 Å². The van der Waals surface area contributed by atoms with Gasteiger partial charge >= 0.3 is 7.80 Å². The zero-order valence-electron chi connectivity index (χ0n) is 19.3. The molecule has 0 radical (unpaired) electrons. The first-order chi connectivity index (χ1) is 17.8. The van der Waals surface area contributed by atoms with Crippen molar-refractivity contribution in [3.8, 4) is 11.3 Å². The summed E-state index contributed by atoms with van der Waals surface area (Å²) in [6.07, 6.45) is 1.85. The van der Waals surface area contributed by atoms with Gasteiger partial charge in [-0.3, -0.25) is 4.98 Å². The number of pyridine rings is 2. The van der Waals surface area contributed by atoms with Crippen LogP contribution in [0.25, 0.3) is 54.6 Å². The van der Waals surface area contributed by atoms with Crippen LogP contribution < -0.4 is 10.6 Å². The van der Waals surface area contributed by atoms with Gasteiger partial charge in [0.05, 0.1) is 16.7 Å². The third kappa shape index (κ3) is 3.29. The molecule has 168 valence electrons. The molecule has 2 aromatic heterocycles. The topological polar surface area (TPSA) is 42.9 Å². The first-order valence-corrected chi connectivity index (χ1v) is 13.2. The number of rotatable bonds is 3. The molecule has 1 atom stereocenters. The van der Waals surface area contributed by atoms with Gasteiger partial charge in [0.1, 0.15) is 0 Å². The van der Waals surface area contributed by atoms with Crippen LogP contribution >= 0.6 is 7.80 Å². The zero-order chi connectivity index (χ0) is 24.1. The monoisotopic (exact) mass is 479 g/mol. The summed E-state index contributed by atoms with van der Waals surface area (Å²) in [5, 5.41) is 8.20. The van der Waals surface area contributed by atoms with E-state index in [1.54, 1.807) is 0 Å². The number of aromatic nitrogens is 2. The molecule has 0 aliphatic heterocycles. The van der Waals surface area contributed by atoms with E-state index in [9.17, 15) is 4.57 Å². The van der Waals surface area contributed by atoms with E-state index in [2.05, 4.69) is 48.5 Å². The minimum Gasteiger partial charge on any atom is -0.256 e. The first kappa shape index (κ1) is 20.9. The van der Waals surface area contributed by atoms with Gasteiger partial charge in [-0.1, -0.05) is 83.4 Å². The van der Waals surface area contributed by atoms with Gasteiger partial charge in [-0.25, -0.2) is 4.98 Å². The predicted octanol–water partition coefficient (Wildman–Crippen LogP) is 7.53. The van der Waals surface area contributed by atoms with Crippen LogP contribution in [0.5, 0.6) is 0 Å². The second kappa shape index (κ2) is 8.34. The highest BCUT2D eigenvalue weighted by Gasteiger charge is 2.24.